The lowest BCUT2D eigenvalue weighted by Gasteiger charge is -2.31. The molecule has 0 heterocycles. The van der Waals surface area contributed by atoms with E-state index in [0.29, 0.717) is 0 Å². The number of rotatable bonds is 8. The predicted octanol–water partition coefficient (Wildman–Crippen LogP) is 2.15. The number of carbonyl (C=O) groups excluding carboxylic acids is 2. The second-order valence-electron chi connectivity index (χ2n) is 6.16. The first kappa shape index (κ1) is 20.5. The molecule has 0 aliphatic heterocycles. The van der Waals surface area contributed by atoms with E-state index in [4.69, 9.17) is 9.47 Å². The highest BCUT2D eigenvalue weighted by Gasteiger charge is 2.42. The Morgan fingerprint density at radius 1 is 1.00 bits per heavy atom. The minimum atomic E-state index is -2.44. The van der Waals surface area contributed by atoms with Gasteiger partial charge in [0.2, 0.25) is 0 Å². The summed E-state index contributed by atoms with van der Waals surface area (Å²) >= 11 is 0. The molecule has 0 aliphatic carbocycles. The van der Waals surface area contributed by atoms with Crippen LogP contribution < -0.4 is 0 Å². The summed E-state index contributed by atoms with van der Waals surface area (Å²) in [5.74, 6) is -1.58. The maximum Gasteiger partial charge on any atom is 0.338 e. The van der Waals surface area contributed by atoms with Crippen molar-refractivity contribution in [2.75, 3.05) is 13.2 Å². The van der Waals surface area contributed by atoms with Gasteiger partial charge in [0.1, 0.15) is 12.7 Å². The Bertz CT molecular complexity index is 748. The van der Waals surface area contributed by atoms with Crippen molar-refractivity contribution in [3.63, 3.8) is 0 Å². The molecule has 0 aromatic heterocycles. The second-order valence-corrected chi connectivity index (χ2v) is 6.16. The smallest absolute Gasteiger partial charge is 0.338 e. The fraction of sp³-hybridized carbons (Fsp3) is 0.300. The van der Waals surface area contributed by atoms with Crippen LogP contribution in [0.4, 0.5) is 4.39 Å². The third-order valence-corrected chi connectivity index (χ3v) is 3.89. The van der Waals surface area contributed by atoms with E-state index in [1.807, 2.05) is 0 Å². The van der Waals surface area contributed by atoms with Crippen molar-refractivity contribution in [2.45, 2.75) is 24.8 Å². The third-order valence-electron chi connectivity index (χ3n) is 3.89. The Morgan fingerprint density at radius 2 is 1.48 bits per heavy atom. The minimum Gasteiger partial charge on any atom is -0.459 e. The minimum absolute atomic E-state index is 0.157. The molecule has 2 aromatic carbocycles. The molecule has 0 unspecified atom stereocenters. The Morgan fingerprint density at radius 3 is 1.96 bits per heavy atom. The van der Waals surface area contributed by atoms with Crippen molar-refractivity contribution >= 4 is 11.9 Å². The number of aliphatic hydroxyl groups is 2. The lowest BCUT2D eigenvalue weighted by Crippen LogP contribution is -2.50. The molecule has 2 rings (SSSR count). The van der Waals surface area contributed by atoms with Crippen LogP contribution in [0.1, 0.15) is 27.6 Å². The van der Waals surface area contributed by atoms with Crippen LogP contribution in [0.15, 0.2) is 60.7 Å². The van der Waals surface area contributed by atoms with Gasteiger partial charge in [0, 0.05) is 0 Å². The Hall–Kier alpha value is -2.77. The van der Waals surface area contributed by atoms with E-state index in [9.17, 15) is 24.2 Å². The van der Waals surface area contributed by atoms with Gasteiger partial charge in [-0.2, -0.15) is 0 Å². The van der Waals surface area contributed by atoms with E-state index in [1.165, 1.54) is 24.3 Å². The molecule has 0 saturated carbocycles. The lowest BCUT2D eigenvalue weighted by atomic mass is 9.97. The largest absolute Gasteiger partial charge is 0.459 e. The van der Waals surface area contributed by atoms with Crippen LogP contribution in [0.2, 0.25) is 0 Å². The summed E-state index contributed by atoms with van der Waals surface area (Å²) in [6.45, 7) is -0.623. The highest BCUT2D eigenvalue weighted by molar-refractivity contribution is 5.90. The number of halogens is 1. The molecule has 144 valence electrons. The van der Waals surface area contributed by atoms with Gasteiger partial charge >= 0.3 is 11.9 Å². The van der Waals surface area contributed by atoms with Gasteiger partial charge in [-0.3, -0.25) is 0 Å². The Kier molecular flexibility index (Phi) is 7.04. The normalized spacial score (nSPS) is 15.3. The highest BCUT2D eigenvalue weighted by atomic mass is 19.1. The van der Waals surface area contributed by atoms with Gasteiger partial charge in [-0.1, -0.05) is 36.4 Å². The Labute approximate surface area is 156 Å². The fourth-order valence-corrected chi connectivity index (χ4v) is 2.36. The number of benzene rings is 2. The fourth-order valence-electron chi connectivity index (χ4n) is 2.36. The molecule has 0 fully saturated rings. The molecule has 0 radical (unpaired) electrons. The Balaban J connectivity index is 2.06. The summed E-state index contributed by atoms with van der Waals surface area (Å²) in [5.41, 5.74) is -2.03. The molecule has 2 N–H and O–H groups in total. The lowest BCUT2D eigenvalue weighted by molar-refractivity contribution is -0.115. The zero-order valence-electron chi connectivity index (χ0n) is 14.7. The molecule has 0 aliphatic rings. The third kappa shape index (κ3) is 5.60. The molecule has 0 spiro atoms. The van der Waals surface area contributed by atoms with Crippen LogP contribution in [0, 0.1) is 0 Å². The summed E-state index contributed by atoms with van der Waals surface area (Å²) in [6, 6.07) is 15.9. The van der Waals surface area contributed by atoms with Gasteiger partial charge in [0.25, 0.3) is 0 Å². The molecule has 2 aromatic rings. The summed E-state index contributed by atoms with van der Waals surface area (Å²) < 4.78 is 24.7. The van der Waals surface area contributed by atoms with Gasteiger partial charge < -0.3 is 19.7 Å². The van der Waals surface area contributed by atoms with Crippen LogP contribution in [-0.4, -0.2) is 53.2 Å². The molecule has 6 nitrogen and oxygen atoms in total. The monoisotopic (exact) mass is 376 g/mol. The molecule has 27 heavy (non-hydrogen) atoms. The van der Waals surface area contributed by atoms with Crippen LogP contribution >= 0.6 is 0 Å². The van der Waals surface area contributed by atoms with Gasteiger partial charge in [-0.15, -0.1) is 0 Å². The summed E-state index contributed by atoms with van der Waals surface area (Å²) in [7, 11) is 0. The van der Waals surface area contributed by atoms with Crippen LogP contribution in [0.25, 0.3) is 0 Å². The number of alkyl halides is 1. The number of hydrogen-bond acceptors (Lipinski definition) is 6. The van der Waals surface area contributed by atoms with Crippen molar-refractivity contribution in [2.24, 2.45) is 0 Å². The van der Waals surface area contributed by atoms with Gasteiger partial charge in [0.05, 0.1) is 17.7 Å². The number of hydrogen-bond donors (Lipinski definition) is 2. The summed E-state index contributed by atoms with van der Waals surface area (Å²) in [6.07, 6.45) is -3.41. The second kappa shape index (κ2) is 9.25. The van der Waals surface area contributed by atoms with Crippen molar-refractivity contribution in [3.05, 3.63) is 71.8 Å². The molecule has 0 saturated heterocycles. The first-order valence-corrected chi connectivity index (χ1v) is 8.31. The molecule has 7 heteroatoms. The van der Waals surface area contributed by atoms with Crippen LogP contribution in [-0.2, 0) is 9.47 Å². The molecular weight excluding hydrogens is 355 g/mol. The van der Waals surface area contributed by atoms with Crippen molar-refractivity contribution < 1.29 is 33.7 Å². The van der Waals surface area contributed by atoms with Crippen molar-refractivity contribution in [1.29, 1.82) is 0 Å². The number of esters is 2. The number of carbonyl (C=O) groups is 2. The van der Waals surface area contributed by atoms with Gasteiger partial charge in [-0.05, 0) is 31.2 Å². The molecule has 0 bridgehead atoms. The summed E-state index contributed by atoms with van der Waals surface area (Å²) in [4.78, 5) is 24.1. The first-order chi connectivity index (χ1) is 12.8. The van der Waals surface area contributed by atoms with Crippen LogP contribution in [0.5, 0.6) is 0 Å². The van der Waals surface area contributed by atoms with E-state index in [-0.39, 0.29) is 11.1 Å². The van der Waals surface area contributed by atoms with E-state index in [2.05, 4.69) is 0 Å². The maximum atomic E-state index is 14.6. The van der Waals surface area contributed by atoms with Crippen molar-refractivity contribution in [1.82, 2.24) is 0 Å². The van der Waals surface area contributed by atoms with Gasteiger partial charge in [-0.25, -0.2) is 14.0 Å². The average Bonchev–Trinajstić information content (AvgIpc) is 2.70. The number of aliphatic hydroxyl groups excluding tert-OH is 2. The average molecular weight is 376 g/mol. The zero-order chi connectivity index (χ0) is 19.9. The standard InChI is InChI=1S/C20H21FO6/c1-20(21,13-22)17(27-19(25)15-10-6-3-7-11-15)16(23)12-26-18(24)14-8-4-2-5-9-14/h2-11,16-17,22-23H,12-13H2,1H3/t16-,17-,20-/m1/s1. The van der Waals surface area contributed by atoms with E-state index in [0.717, 1.165) is 6.92 Å². The highest BCUT2D eigenvalue weighted by Crippen LogP contribution is 2.23. The molecule has 0 amide bonds. The zero-order valence-corrected chi connectivity index (χ0v) is 14.7. The summed E-state index contributed by atoms with van der Waals surface area (Å²) in [5, 5.41) is 19.5. The quantitative estimate of drug-likeness (QED) is 0.686. The number of ether oxygens (including phenoxy) is 2. The molecule has 3 atom stereocenters. The van der Waals surface area contributed by atoms with Crippen molar-refractivity contribution in [3.8, 4) is 0 Å². The maximum absolute atomic E-state index is 14.6. The first-order valence-electron chi connectivity index (χ1n) is 8.31. The molecular formula is C20H21FO6. The van der Waals surface area contributed by atoms with Crippen LogP contribution in [0.3, 0.4) is 0 Å². The van der Waals surface area contributed by atoms with Gasteiger partial charge in [0.15, 0.2) is 11.8 Å². The topological polar surface area (TPSA) is 93.1 Å². The van der Waals surface area contributed by atoms with E-state index >= 15 is 0 Å². The SMILES string of the molecule is C[C@@](F)(CO)[C@H](OC(=O)c1ccccc1)[C@H](O)COC(=O)c1ccccc1. The van der Waals surface area contributed by atoms with E-state index in [1.54, 1.807) is 36.4 Å². The van der Waals surface area contributed by atoms with E-state index < -0.39 is 43.0 Å². The predicted molar refractivity (Wildman–Crippen MR) is 95.0 cm³/mol.